The first-order valence-corrected chi connectivity index (χ1v) is 6.70. The van der Waals surface area contributed by atoms with E-state index in [1.54, 1.807) is 0 Å². The van der Waals surface area contributed by atoms with Crippen molar-refractivity contribution in [2.24, 2.45) is 5.41 Å². The molecule has 17 heavy (non-hydrogen) atoms. The van der Waals surface area contributed by atoms with Crippen molar-refractivity contribution in [3.8, 4) is 0 Å². The summed E-state index contributed by atoms with van der Waals surface area (Å²) in [6.45, 7) is 5.26. The molecule has 0 unspecified atom stereocenters. The van der Waals surface area contributed by atoms with Gasteiger partial charge in [0.25, 0.3) is 0 Å². The second-order valence-electron chi connectivity index (χ2n) is 5.39. The fraction of sp³-hybridized carbons (Fsp3) is 0.692. The number of nitrogens with zero attached hydrogens (tertiary/aromatic N) is 2. The van der Waals surface area contributed by atoms with E-state index < -0.39 is 0 Å². The van der Waals surface area contributed by atoms with Gasteiger partial charge in [0.05, 0.1) is 0 Å². The van der Waals surface area contributed by atoms with Crippen LogP contribution in [0.25, 0.3) is 0 Å². The highest BCUT2D eigenvalue weighted by Crippen LogP contribution is 2.35. The lowest BCUT2D eigenvalue weighted by Gasteiger charge is -2.33. The first-order chi connectivity index (χ1) is 8.07. The van der Waals surface area contributed by atoms with Crippen molar-refractivity contribution in [2.75, 3.05) is 11.9 Å². The zero-order valence-electron chi connectivity index (χ0n) is 10.6. The third kappa shape index (κ3) is 3.56. The van der Waals surface area contributed by atoms with Gasteiger partial charge < -0.3 is 5.32 Å². The molecule has 94 valence electrons. The highest BCUT2D eigenvalue weighted by atomic mass is 35.5. The Morgan fingerprint density at radius 2 is 2.00 bits per heavy atom. The summed E-state index contributed by atoms with van der Waals surface area (Å²) < 4.78 is 0. The lowest BCUT2D eigenvalue weighted by Crippen LogP contribution is -2.29. The third-order valence-electron chi connectivity index (χ3n) is 3.58. The van der Waals surface area contributed by atoms with Gasteiger partial charge in [0, 0.05) is 18.3 Å². The average molecular weight is 254 g/mol. The largest absolute Gasteiger partial charge is 0.369 e. The van der Waals surface area contributed by atoms with E-state index in [0.29, 0.717) is 10.7 Å². The molecule has 1 heterocycles. The van der Waals surface area contributed by atoms with Crippen molar-refractivity contribution in [3.05, 3.63) is 17.0 Å². The average Bonchev–Trinajstić information content (AvgIpc) is 2.26. The highest BCUT2D eigenvalue weighted by molar-refractivity contribution is 6.28. The Hall–Kier alpha value is -0.830. The molecule has 1 aromatic rings. The molecule has 3 nitrogen and oxygen atoms in total. The van der Waals surface area contributed by atoms with Crippen LogP contribution in [-0.4, -0.2) is 16.5 Å². The van der Waals surface area contributed by atoms with Crippen molar-refractivity contribution in [2.45, 2.75) is 46.0 Å². The zero-order chi connectivity index (χ0) is 12.3. The van der Waals surface area contributed by atoms with Crippen LogP contribution in [0.1, 0.15) is 44.7 Å². The fourth-order valence-corrected chi connectivity index (χ4v) is 2.73. The quantitative estimate of drug-likeness (QED) is 0.833. The van der Waals surface area contributed by atoms with Crippen LogP contribution in [-0.2, 0) is 0 Å². The van der Waals surface area contributed by atoms with Crippen LogP contribution in [0.4, 0.5) is 5.82 Å². The Kier molecular flexibility index (Phi) is 3.87. The van der Waals surface area contributed by atoms with Crippen LogP contribution >= 0.6 is 11.6 Å². The monoisotopic (exact) mass is 253 g/mol. The number of hydrogen-bond acceptors (Lipinski definition) is 3. The van der Waals surface area contributed by atoms with Crippen molar-refractivity contribution in [1.82, 2.24) is 9.97 Å². The highest BCUT2D eigenvalue weighted by Gasteiger charge is 2.26. The Bertz CT molecular complexity index is 366. The van der Waals surface area contributed by atoms with E-state index in [1.165, 1.54) is 32.1 Å². The van der Waals surface area contributed by atoms with E-state index in [1.807, 2.05) is 13.0 Å². The summed E-state index contributed by atoms with van der Waals surface area (Å²) in [5.41, 5.74) is 1.31. The predicted octanol–water partition coefficient (Wildman–Crippen LogP) is 3.82. The smallest absolute Gasteiger partial charge is 0.224 e. The van der Waals surface area contributed by atoms with Crippen LogP contribution in [0, 0.1) is 12.3 Å². The van der Waals surface area contributed by atoms with Crippen molar-refractivity contribution < 1.29 is 0 Å². The number of aromatic nitrogens is 2. The molecule has 1 N–H and O–H groups in total. The van der Waals surface area contributed by atoms with Crippen LogP contribution < -0.4 is 5.32 Å². The van der Waals surface area contributed by atoms with E-state index in [2.05, 4.69) is 22.2 Å². The summed E-state index contributed by atoms with van der Waals surface area (Å²) in [5, 5.41) is 3.72. The number of rotatable bonds is 3. The Morgan fingerprint density at radius 3 is 2.65 bits per heavy atom. The van der Waals surface area contributed by atoms with Crippen molar-refractivity contribution in [1.29, 1.82) is 0 Å². The normalized spacial score (nSPS) is 19.0. The van der Waals surface area contributed by atoms with Gasteiger partial charge in [0.15, 0.2) is 0 Å². The molecule has 0 aliphatic heterocycles. The summed E-state index contributed by atoms with van der Waals surface area (Å²) in [5.74, 6) is 0.842. The molecule has 1 saturated carbocycles. The molecule has 0 aromatic carbocycles. The predicted molar refractivity (Wildman–Crippen MR) is 71.5 cm³/mol. The third-order valence-corrected chi connectivity index (χ3v) is 3.75. The molecule has 0 atom stereocenters. The molecule has 1 aliphatic rings. The maximum atomic E-state index is 5.84. The van der Waals surface area contributed by atoms with E-state index in [9.17, 15) is 0 Å². The number of halogens is 1. The second kappa shape index (κ2) is 5.21. The SMILES string of the molecule is Cc1cc(NCC2(C)CCCCC2)nc(Cl)n1. The number of aryl methyl sites for hydroxylation is 1. The van der Waals surface area contributed by atoms with Gasteiger partial charge >= 0.3 is 0 Å². The minimum Gasteiger partial charge on any atom is -0.369 e. The minimum absolute atomic E-state index is 0.321. The molecule has 1 aromatic heterocycles. The minimum atomic E-state index is 0.321. The molecule has 0 radical (unpaired) electrons. The van der Waals surface area contributed by atoms with E-state index in [4.69, 9.17) is 11.6 Å². The van der Waals surface area contributed by atoms with Gasteiger partial charge in [0.2, 0.25) is 5.28 Å². The van der Waals surface area contributed by atoms with Gasteiger partial charge in [-0.25, -0.2) is 9.97 Å². The van der Waals surface area contributed by atoms with E-state index in [-0.39, 0.29) is 0 Å². The maximum Gasteiger partial charge on any atom is 0.224 e. The Morgan fingerprint density at radius 1 is 1.29 bits per heavy atom. The van der Waals surface area contributed by atoms with Crippen molar-refractivity contribution >= 4 is 17.4 Å². The Balaban J connectivity index is 1.96. The molecule has 1 fully saturated rings. The summed E-state index contributed by atoms with van der Waals surface area (Å²) in [7, 11) is 0. The van der Waals surface area contributed by atoms with Gasteiger partial charge in [-0.1, -0.05) is 26.2 Å². The van der Waals surface area contributed by atoms with Gasteiger partial charge in [0.1, 0.15) is 5.82 Å². The molecular formula is C13H20ClN3. The van der Waals surface area contributed by atoms with Crippen molar-refractivity contribution in [3.63, 3.8) is 0 Å². The number of anilines is 1. The molecule has 0 saturated heterocycles. The van der Waals surface area contributed by atoms with Gasteiger partial charge in [-0.3, -0.25) is 0 Å². The Labute approximate surface area is 108 Å². The molecule has 2 rings (SSSR count). The number of nitrogens with one attached hydrogen (secondary N) is 1. The summed E-state index contributed by atoms with van der Waals surface area (Å²) in [4.78, 5) is 8.25. The lowest BCUT2D eigenvalue weighted by atomic mass is 9.76. The maximum absolute atomic E-state index is 5.84. The molecule has 0 amide bonds. The van der Waals surface area contributed by atoms with Gasteiger partial charge in [-0.15, -0.1) is 0 Å². The van der Waals surface area contributed by atoms with Crippen LogP contribution in [0.3, 0.4) is 0 Å². The standard InChI is InChI=1S/C13H20ClN3/c1-10-8-11(17-12(14)16-10)15-9-13(2)6-4-3-5-7-13/h8H,3-7,9H2,1-2H3,(H,15,16,17). The van der Waals surface area contributed by atoms with E-state index in [0.717, 1.165) is 18.1 Å². The first-order valence-electron chi connectivity index (χ1n) is 6.32. The molecular weight excluding hydrogens is 234 g/mol. The number of hydrogen-bond donors (Lipinski definition) is 1. The molecule has 0 spiro atoms. The zero-order valence-corrected chi connectivity index (χ0v) is 11.3. The van der Waals surface area contributed by atoms with Crippen LogP contribution in [0.2, 0.25) is 5.28 Å². The lowest BCUT2D eigenvalue weighted by molar-refractivity contribution is 0.233. The molecule has 0 bridgehead atoms. The summed E-state index contributed by atoms with van der Waals surface area (Å²) in [6.07, 6.45) is 6.69. The van der Waals surface area contributed by atoms with E-state index >= 15 is 0 Å². The summed E-state index contributed by atoms with van der Waals surface area (Å²) in [6, 6.07) is 1.94. The molecule has 1 aliphatic carbocycles. The topological polar surface area (TPSA) is 37.8 Å². The molecule has 4 heteroatoms. The first kappa shape index (κ1) is 12.6. The second-order valence-corrected chi connectivity index (χ2v) is 5.73. The van der Waals surface area contributed by atoms with Crippen LogP contribution in [0.15, 0.2) is 6.07 Å². The van der Waals surface area contributed by atoms with Crippen LogP contribution in [0.5, 0.6) is 0 Å². The van der Waals surface area contributed by atoms with Gasteiger partial charge in [-0.2, -0.15) is 0 Å². The summed E-state index contributed by atoms with van der Waals surface area (Å²) >= 11 is 5.84. The fourth-order valence-electron chi connectivity index (χ4n) is 2.51. The van der Waals surface area contributed by atoms with Gasteiger partial charge in [-0.05, 0) is 36.8 Å².